The normalized spacial score (nSPS) is 19.7. The van der Waals surface area contributed by atoms with Gasteiger partial charge in [0.15, 0.2) is 0 Å². The Kier molecular flexibility index (Phi) is 3.15. The fourth-order valence-electron chi connectivity index (χ4n) is 3.63. The van der Waals surface area contributed by atoms with E-state index in [2.05, 4.69) is 12.1 Å². The van der Waals surface area contributed by atoms with Crippen molar-refractivity contribution < 1.29 is 14.4 Å². The van der Waals surface area contributed by atoms with E-state index in [4.69, 9.17) is 9.47 Å². The molecule has 0 fully saturated rings. The minimum absolute atomic E-state index is 0.0364. The molecular formula is C22H15NO4. The Morgan fingerprint density at radius 3 is 2.63 bits per heavy atom. The summed E-state index contributed by atoms with van der Waals surface area (Å²) in [5.74, 6) is 0.257. The molecule has 2 aliphatic heterocycles. The van der Waals surface area contributed by atoms with Gasteiger partial charge in [0.2, 0.25) is 0 Å². The Morgan fingerprint density at radius 1 is 1.00 bits per heavy atom. The van der Waals surface area contributed by atoms with Crippen molar-refractivity contribution >= 4 is 28.6 Å². The van der Waals surface area contributed by atoms with E-state index >= 15 is 0 Å². The Hall–Kier alpha value is -3.60. The molecule has 0 aromatic heterocycles. The van der Waals surface area contributed by atoms with Crippen molar-refractivity contribution in [2.45, 2.75) is 12.7 Å². The van der Waals surface area contributed by atoms with E-state index in [0.29, 0.717) is 11.3 Å². The first kappa shape index (κ1) is 15.6. The summed E-state index contributed by atoms with van der Waals surface area (Å²) in [6, 6.07) is 16.7. The molecule has 5 rings (SSSR count). The number of benzene rings is 3. The maximum absolute atomic E-state index is 11.0. The van der Waals surface area contributed by atoms with Crippen molar-refractivity contribution in [1.82, 2.24) is 0 Å². The van der Waals surface area contributed by atoms with Crippen LogP contribution in [-0.2, 0) is 0 Å². The predicted octanol–water partition coefficient (Wildman–Crippen LogP) is 5.35. The molecule has 27 heavy (non-hydrogen) atoms. The summed E-state index contributed by atoms with van der Waals surface area (Å²) in [4.78, 5) is 10.6. The molecule has 0 radical (unpaired) electrons. The van der Waals surface area contributed by atoms with Crippen LogP contribution in [0.1, 0.15) is 18.1 Å². The first-order valence-corrected chi connectivity index (χ1v) is 8.62. The summed E-state index contributed by atoms with van der Waals surface area (Å²) < 4.78 is 12.5. The van der Waals surface area contributed by atoms with Gasteiger partial charge >= 0.3 is 0 Å². The van der Waals surface area contributed by atoms with Crippen LogP contribution in [0.4, 0.5) is 5.69 Å². The minimum atomic E-state index is -1.04. The topological polar surface area (TPSA) is 61.6 Å². The van der Waals surface area contributed by atoms with Crippen LogP contribution in [0.2, 0.25) is 0 Å². The Bertz CT molecular complexity index is 1180. The number of nitrogens with zero attached hydrogens (tertiary/aromatic N) is 1. The number of nitro benzene ring substituents is 1. The van der Waals surface area contributed by atoms with Crippen LogP contribution in [-0.4, -0.2) is 10.7 Å². The van der Waals surface area contributed by atoms with Crippen molar-refractivity contribution in [3.63, 3.8) is 0 Å². The average molecular weight is 357 g/mol. The highest BCUT2D eigenvalue weighted by Crippen LogP contribution is 2.44. The molecule has 0 saturated carbocycles. The number of non-ortho nitro benzene ring substituents is 1. The smallest absolute Gasteiger partial charge is 0.294 e. The molecule has 0 amide bonds. The third-order valence-corrected chi connectivity index (χ3v) is 5.05. The predicted molar refractivity (Wildman–Crippen MR) is 104 cm³/mol. The van der Waals surface area contributed by atoms with E-state index in [9.17, 15) is 10.1 Å². The zero-order valence-corrected chi connectivity index (χ0v) is 14.5. The molecule has 0 saturated heterocycles. The second-order valence-electron chi connectivity index (χ2n) is 6.71. The van der Waals surface area contributed by atoms with E-state index in [1.54, 1.807) is 6.07 Å². The molecule has 1 atom stereocenters. The molecule has 5 nitrogen and oxygen atoms in total. The van der Waals surface area contributed by atoms with Crippen molar-refractivity contribution in [3.05, 3.63) is 87.5 Å². The van der Waals surface area contributed by atoms with Gasteiger partial charge in [-0.3, -0.25) is 10.1 Å². The minimum Gasteiger partial charge on any atom is -0.444 e. The lowest BCUT2D eigenvalue weighted by Crippen LogP contribution is -2.44. The quantitative estimate of drug-likeness (QED) is 0.435. The highest BCUT2D eigenvalue weighted by atomic mass is 16.7. The van der Waals surface area contributed by atoms with Gasteiger partial charge in [0.25, 0.3) is 11.5 Å². The third-order valence-electron chi connectivity index (χ3n) is 5.05. The highest BCUT2D eigenvalue weighted by Gasteiger charge is 2.40. The first-order chi connectivity index (χ1) is 13.1. The van der Waals surface area contributed by atoms with Gasteiger partial charge in [-0.05, 0) is 42.0 Å². The van der Waals surface area contributed by atoms with Gasteiger partial charge in [0.1, 0.15) is 11.5 Å². The van der Waals surface area contributed by atoms with Gasteiger partial charge in [0.05, 0.1) is 4.92 Å². The van der Waals surface area contributed by atoms with Crippen LogP contribution in [0.5, 0.6) is 11.5 Å². The molecular weight excluding hydrogens is 342 g/mol. The summed E-state index contributed by atoms with van der Waals surface area (Å²) in [5, 5.41) is 13.3. The van der Waals surface area contributed by atoms with E-state index in [-0.39, 0.29) is 5.69 Å². The summed E-state index contributed by atoms with van der Waals surface area (Å²) in [5.41, 5.74) is 2.55. The van der Waals surface area contributed by atoms with Crippen LogP contribution in [0, 0.1) is 10.1 Å². The van der Waals surface area contributed by atoms with E-state index in [0.717, 1.165) is 27.7 Å². The lowest BCUT2D eigenvalue weighted by atomic mass is 9.94. The van der Waals surface area contributed by atoms with Crippen molar-refractivity contribution in [2.75, 3.05) is 0 Å². The molecule has 5 heteroatoms. The fraction of sp³-hybridized carbons (Fsp3) is 0.0909. The van der Waals surface area contributed by atoms with Crippen LogP contribution < -0.4 is 9.47 Å². The molecule has 132 valence electrons. The molecule has 0 aliphatic carbocycles. The summed E-state index contributed by atoms with van der Waals surface area (Å²) in [6.07, 6.45) is 5.80. The number of ether oxygens (including phenoxy) is 2. The molecule has 0 N–H and O–H groups in total. The molecule has 2 aliphatic rings. The SMILES string of the molecule is CC1=Cc2cc([N+](=O)[O-])ccc2O[C@]12C=Cc1c(ccc3ccccc13)O2. The summed E-state index contributed by atoms with van der Waals surface area (Å²) in [7, 11) is 0. The van der Waals surface area contributed by atoms with E-state index in [1.807, 2.05) is 49.4 Å². The molecule has 3 aromatic rings. The largest absolute Gasteiger partial charge is 0.444 e. The van der Waals surface area contributed by atoms with Crippen molar-refractivity contribution in [2.24, 2.45) is 0 Å². The van der Waals surface area contributed by atoms with Crippen LogP contribution >= 0.6 is 0 Å². The molecule has 2 heterocycles. The van der Waals surface area contributed by atoms with Gasteiger partial charge in [-0.25, -0.2) is 0 Å². The monoisotopic (exact) mass is 357 g/mol. The Morgan fingerprint density at radius 2 is 1.78 bits per heavy atom. The van der Waals surface area contributed by atoms with Crippen LogP contribution in [0.3, 0.4) is 0 Å². The van der Waals surface area contributed by atoms with Crippen molar-refractivity contribution in [3.8, 4) is 11.5 Å². The van der Waals surface area contributed by atoms with Gasteiger partial charge < -0.3 is 9.47 Å². The number of fused-ring (bicyclic) bond motifs is 4. The Balaban J connectivity index is 1.60. The lowest BCUT2D eigenvalue weighted by molar-refractivity contribution is -0.384. The van der Waals surface area contributed by atoms with Crippen molar-refractivity contribution in [1.29, 1.82) is 0 Å². The molecule has 0 bridgehead atoms. The summed E-state index contributed by atoms with van der Waals surface area (Å²) >= 11 is 0. The van der Waals surface area contributed by atoms with E-state index in [1.165, 1.54) is 12.1 Å². The number of hydrogen-bond acceptors (Lipinski definition) is 4. The second-order valence-corrected chi connectivity index (χ2v) is 6.71. The molecule has 3 aromatic carbocycles. The van der Waals surface area contributed by atoms with Gasteiger partial charge in [-0.2, -0.15) is 0 Å². The first-order valence-electron chi connectivity index (χ1n) is 8.62. The second kappa shape index (κ2) is 5.45. The summed E-state index contributed by atoms with van der Waals surface area (Å²) in [6.45, 7) is 1.90. The highest BCUT2D eigenvalue weighted by molar-refractivity contribution is 5.94. The number of nitro groups is 1. The van der Waals surface area contributed by atoms with E-state index < -0.39 is 10.7 Å². The molecule has 0 unspecified atom stereocenters. The standard InChI is InChI=1S/C22H15NO4/c1-14-12-16-13-17(23(24)25)7-9-20(16)26-22(14)11-10-19-18-5-3-2-4-15(18)6-8-21(19)27-22/h2-13H,1H3/t22-/m0/s1. The zero-order chi connectivity index (χ0) is 18.6. The molecule has 1 spiro atoms. The van der Waals surface area contributed by atoms with Gasteiger partial charge in [-0.1, -0.05) is 30.3 Å². The number of hydrogen-bond donors (Lipinski definition) is 0. The zero-order valence-electron chi connectivity index (χ0n) is 14.5. The lowest BCUT2D eigenvalue weighted by Gasteiger charge is -2.38. The maximum Gasteiger partial charge on any atom is 0.294 e. The van der Waals surface area contributed by atoms with Crippen LogP contribution in [0.25, 0.3) is 22.9 Å². The maximum atomic E-state index is 11.0. The van der Waals surface area contributed by atoms with Gasteiger partial charge in [0, 0.05) is 34.9 Å². The van der Waals surface area contributed by atoms with Crippen LogP contribution in [0.15, 0.2) is 66.2 Å². The number of rotatable bonds is 1. The third kappa shape index (κ3) is 2.32. The average Bonchev–Trinajstić information content (AvgIpc) is 2.68. The Labute approximate surface area is 155 Å². The fourth-order valence-corrected chi connectivity index (χ4v) is 3.63. The van der Waals surface area contributed by atoms with Gasteiger partial charge in [-0.15, -0.1) is 0 Å².